The number of phosphoric ester groups is 2. The Morgan fingerprint density at radius 2 is 0.519 bits per heavy atom. The number of allylic oxidation sites excluding steroid dienone is 22. The van der Waals surface area contributed by atoms with Gasteiger partial charge >= 0.3 is 39.5 Å². The van der Waals surface area contributed by atoms with Crippen molar-refractivity contribution in [1.82, 2.24) is 0 Å². The van der Waals surface area contributed by atoms with E-state index >= 15 is 0 Å². The van der Waals surface area contributed by atoms with Crippen LogP contribution < -0.4 is 0 Å². The molecule has 104 heavy (non-hydrogen) atoms. The molecule has 19 heteroatoms. The monoisotopic (exact) mass is 1500 g/mol. The predicted molar refractivity (Wildman–Crippen MR) is 427 cm³/mol. The van der Waals surface area contributed by atoms with Gasteiger partial charge in [-0.15, -0.1) is 0 Å². The van der Waals surface area contributed by atoms with Gasteiger partial charge < -0.3 is 33.8 Å². The fraction of sp³-hybridized carbons (Fsp3) is 0.694. The van der Waals surface area contributed by atoms with Gasteiger partial charge in [-0.05, 0) is 135 Å². The van der Waals surface area contributed by atoms with Crippen molar-refractivity contribution in [3.8, 4) is 0 Å². The molecule has 0 aliphatic heterocycles. The molecule has 0 radical (unpaired) electrons. The Morgan fingerprint density at radius 1 is 0.279 bits per heavy atom. The molecule has 0 heterocycles. The van der Waals surface area contributed by atoms with Crippen molar-refractivity contribution in [2.24, 2.45) is 0 Å². The van der Waals surface area contributed by atoms with Crippen LogP contribution in [-0.2, 0) is 65.4 Å². The quantitative estimate of drug-likeness (QED) is 0.0169. The van der Waals surface area contributed by atoms with Crippen LogP contribution in [0.1, 0.15) is 323 Å². The van der Waals surface area contributed by atoms with E-state index in [9.17, 15) is 43.2 Å². The molecule has 0 spiro atoms. The van der Waals surface area contributed by atoms with Crippen LogP contribution in [0.4, 0.5) is 0 Å². The first kappa shape index (κ1) is 99.2. The van der Waals surface area contributed by atoms with Crippen molar-refractivity contribution >= 4 is 39.5 Å². The molecule has 0 aliphatic carbocycles. The number of esters is 4. The molecular formula is C85H144O17P2. The van der Waals surface area contributed by atoms with E-state index in [1.165, 1.54) is 96.3 Å². The van der Waals surface area contributed by atoms with E-state index in [0.717, 1.165) is 141 Å². The lowest BCUT2D eigenvalue weighted by molar-refractivity contribution is -0.161. The highest BCUT2D eigenvalue weighted by Gasteiger charge is 2.30. The zero-order valence-corrected chi connectivity index (χ0v) is 66.9. The number of hydrogen-bond donors (Lipinski definition) is 3. The van der Waals surface area contributed by atoms with Crippen molar-refractivity contribution in [2.45, 2.75) is 341 Å². The Morgan fingerprint density at radius 3 is 0.875 bits per heavy atom. The Labute approximate surface area is 631 Å². The summed E-state index contributed by atoms with van der Waals surface area (Å²) in [6.45, 7) is 4.60. The van der Waals surface area contributed by atoms with E-state index in [1.54, 1.807) is 0 Å². The summed E-state index contributed by atoms with van der Waals surface area (Å²) in [5.41, 5.74) is 0. The highest BCUT2D eigenvalue weighted by atomic mass is 31.2. The molecule has 0 aromatic heterocycles. The van der Waals surface area contributed by atoms with Crippen LogP contribution in [-0.4, -0.2) is 96.7 Å². The Kier molecular flexibility index (Phi) is 72.9. The Hall–Kier alpha value is -4.80. The lowest BCUT2D eigenvalue weighted by Crippen LogP contribution is -2.30. The Balaban J connectivity index is 5.44. The van der Waals surface area contributed by atoms with Crippen LogP contribution in [0.25, 0.3) is 0 Å². The molecule has 17 nitrogen and oxygen atoms in total. The van der Waals surface area contributed by atoms with E-state index in [1.807, 2.05) is 12.2 Å². The third-order valence-electron chi connectivity index (χ3n) is 16.6. The van der Waals surface area contributed by atoms with E-state index in [0.29, 0.717) is 32.1 Å². The molecule has 3 N–H and O–H groups in total. The predicted octanol–water partition coefficient (Wildman–Crippen LogP) is 23.7. The van der Waals surface area contributed by atoms with Gasteiger partial charge in [0.25, 0.3) is 0 Å². The van der Waals surface area contributed by atoms with Gasteiger partial charge in [0.2, 0.25) is 0 Å². The van der Waals surface area contributed by atoms with Gasteiger partial charge in [-0.2, -0.15) is 0 Å². The fourth-order valence-corrected chi connectivity index (χ4v) is 12.0. The van der Waals surface area contributed by atoms with Crippen LogP contribution in [0, 0.1) is 0 Å². The van der Waals surface area contributed by atoms with Gasteiger partial charge in [0.05, 0.1) is 26.4 Å². The number of hydrogen-bond acceptors (Lipinski definition) is 15. The smallest absolute Gasteiger partial charge is 0.462 e. The molecule has 0 fully saturated rings. The lowest BCUT2D eigenvalue weighted by atomic mass is 10.0. The number of aliphatic hydroxyl groups excluding tert-OH is 1. The summed E-state index contributed by atoms with van der Waals surface area (Å²) in [5.74, 6) is -2.31. The van der Waals surface area contributed by atoms with E-state index < -0.39 is 97.5 Å². The van der Waals surface area contributed by atoms with Crippen molar-refractivity contribution in [3.05, 3.63) is 134 Å². The SMILES string of the molecule is CC/C=C\C/C=C\C/C=C\C/C=C\C/C=C\CCCCCC(=O)O[C@H](COC(=O)CCCCCCC/C=C\CCCCCC)COP(=O)(O)OC[C@H](O)COP(=O)(O)OC[C@@H](COC(=O)CC/C=C\C/C=C\C/C=C\C/C=C\C/C=C\CCCCC)OC(=O)CCCCCCCCCCCCCCC. The second kappa shape index (κ2) is 76.4. The van der Waals surface area contributed by atoms with Gasteiger partial charge in [-0.1, -0.05) is 296 Å². The summed E-state index contributed by atoms with van der Waals surface area (Å²) < 4.78 is 68.5. The zero-order chi connectivity index (χ0) is 76.0. The molecule has 0 aromatic rings. The van der Waals surface area contributed by atoms with Crippen LogP contribution in [0.3, 0.4) is 0 Å². The van der Waals surface area contributed by atoms with Crippen LogP contribution in [0.15, 0.2) is 134 Å². The van der Waals surface area contributed by atoms with Crippen molar-refractivity contribution < 1.29 is 80.2 Å². The number of aliphatic hydroxyl groups is 1. The molecular weight excluding hydrogens is 1350 g/mol. The summed E-state index contributed by atoms with van der Waals surface area (Å²) in [6.07, 6.45) is 85.9. The standard InChI is InChI=1S/C85H144O17P2/c1-5-9-13-17-21-25-29-33-35-37-39-41-43-47-50-54-58-62-66-70-83(88)96-76-80(101-84(89)71-67-63-59-55-51-46-32-28-24-20-16-12-8-4)77-99-103(91,92)97-73-79(86)74-98-104(93,94)100-78-81(75-95-82(87)69-65-61-57-53-49-45-31-27-23-19-15-11-7-3)102-85(90)72-68-64-60-56-52-48-44-42-40-38-36-34-30-26-22-18-14-10-6-2/h10,14,21-22,25-27,31,33-36,39-42,47-48,50,52,58,62,79-81,86H,5-9,11-13,15-20,23-24,28-30,32,37-38,43-46,49,51,53-57,59-61,63-78H2,1-4H3,(H,91,92)(H,93,94)/b14-10-,25-21-,26-22-,31-27-,35-33-,36-34-,41-39-,42-40-,50-47-,52-48-,62-58-/t79-,80-,81-/m1/s1. The van der Waals surface area contributed by atoms with Crippen molar-refractivity contribution in [1.29, 1.82) is 0 Å². The minimum atomic E-state index is -5.00. The summed E-state index contributed by atoms with van der Waals surface area (Å²) in [5, 5.41) is 10.6. The maximum atomic E-state index is 13.1. The third kappa shape index (κ3) is 75.4. The number of unbranched alkanes of at least 4 members (excludes halogenated alkanes) is 27. The normalized spacial score (nSPS) is 14.6. The molecule has 0 saturated carbocycles. The molecule has 5 atom stereocenters. The van der Waals surface area contributed by atoms with Gasteiger partial charge in [0, 0.05) is 25.7 Å². The summed E-state index contributed by atoms with van der Waals surface area (Å²) in [4.78, 5) is 73.0. The molecule has 0 bridgehead atoms. The topological polar surface area (TPSA) is 237 Å². The number of carbonyl (C=O) groups is 4. The largest absolute Gasteiger partial charge is 0.472 e. The first-order chi connectivity index (χ1) is 50.7. The number of ether oxygens (including phenoxy) is 4. The second-order valence-electron chi connectivity index (χ2n) is 26.6. The maximum Gasteiger partial charge on any atom is 0.472 e. The van der Waals surface area contributed by atoms with Gasteiger partial charge in [-0.3, -0.25) is 37.3 Å². The molecule has 596 valence electrons. The minimum absolute atomic E-state index is 0.0368. The van der Waals surface area contributed by atoms with Gasteiger partial charge in [0.15, 0.2) is 12.2 Å². The lowest BCUT2D eigenvalue weighted by Gasteiger charge is -2.21. The number of rotatable bonds is 75. The van der Waals surface area contributed by atoms with Crippen molar-refractivity contribution in [2.75, 3.05) is 39.6 Å². The summed E-state index contributed by atoms with van der Waals surface area (Å²) in [7, 11) is -9.99. The first-order valence-electron chi connectivity index (χ1n) is 40.4. The van der Waals surface area contributed by atoms with Crippen LogP contribution >= 0.6 is 15.6 Å². The fourth-order valence-electron chi connectivity index (χ4n) is 10.5. The molecule has 0 aliphatic rings. The van der Waals surface area contributed by atoms with Gasteiger partial charge in [-0.25, -0.2) is 9.13 Å². The molecule has 0 saturated heterocycles. The maximum absolute atomic E-state index is 13.1. The van der Waals surface area contributed by atoms with Crippen LogP contribution in [0.5, 0.6) is 0 Å². The highest BCUT2D eigenvalue weighted by Crippen LogP contribution is 2.45. The Bertz CT molecular complexity index is 2490. The van der Waals surface area contributed by atoms with Crippen molar-refractivity contribution in [3.63, 3.8) is 0 Å². The average Bonchev–Trinajstić information content (AvgIpc) is 0.913. The van der Waals surface area contributed by atoms with Gasteiger partial charge in [0.1, 0.15) is 19.3 Å². The molecule has 2 unspecified atom stereocenters. The molecule has 0 rings (SSSR count). The first-order valence-corrected chi connectivity index (χ1v) is 43.4. The third-order valence-corrected chi connectivity index (χ3v) is 18.5. The number of phosphoric acid groups is 2. The second-order valence-corrected chi connectivity index (χ2v) is 29.5. The average molecular weight is 1500 g/mol. The minimum Gasteiger partial charge on any atom is -0.462 e. The molecule has 0 amide bonds. The molecule has 0 aromatic carbocycles. The van der Waals surface area contributed by atoms with E-state index in [-0.39, 0.29) is 25.7 Å². The summed E-state index contributed by atoms with van der Waals surface area (Å²) in [6, 6.07) is 0. The highest BCUT2D eigenvalue weighted by molar-refractivity contribution is 7.47. The summed E-state index contributed by atoms with van der Waals surface area (Å²) >= 11 is 0. The number of carbonyl (C=O) groups excluding carboxylic acids is 4. The zero-order valence-electron chi connectivity index (χ0n) is 65.2. The van der Waals surface area contributed by atoms with E-state index in [2.05, 4.69) is 149 Å². The van der Waals surface area contributed by atoms with Crippen LogP contribution in [0.2, 0.25) is 0 Å². The van der Waals surface area contributed by atoms with E-state index in [4.69, 9.17) is 37.0 Å².